The summed E-state index contributed by atoms with van der Waals surface area (Å²) in [4.78, 5) is 54.6. The molecule has 1 aliphatic carbocycles. The Morgan fingerprint density at radius 1 is 1.04 bits per heavy atom. The standard InChI is InChI=1S/C33H33B3N10O7S/c1-5-54(52,53)18-11-12-37-23(13-18)32(34,50)46(4)31(49)28-38-15-20-19-7-6-8-21(27(19)45(3)16(2)25(20)41-28)39-22-14-24(40-29(47)17-9-10-17)43-44-26(22)30(48)42-33(35,36)51/h6-8,11-17,50-51H,5,9-10H2,1-4H3,(H,42,48)(H2,39,40,43,47). The second-order valence-electron chi connectivity index (χ2n) is 13.0. The quantitative estimate of drug-likeness (QED) is 0.104. The molecule has 272 valence electrons. The van der Waals surface area contributed by atoms with Crippen molar-refractivity contribution in [3.8, 4) is 11.1 Å². The molecule has 17 nitrogen and oxygen atoms in total. The van der Waals surface area contributed by atoms with Crippen LogP contribution in [0.3, 0.4) is 0 Å². The van der Waals surface area contributed by atoms with E-state index in [1.54, 1.807) is 19.2 Å². The summed E-state index contributed by atoms with van der Waals surface area (Å²) < 4.78 is 24.9. The van der Waals surface area contributed by atoms with E-state index < -0.39 is 38.8 Å². The lowest BCUT2D eigenvalue weighted by Crippen LogP contribution is -2.49. The lowest BCUT2D eigenvalue weighted by atomic mass is 9.73. The van der Waals surface area contributed by atoms with Crippen LogP contribution in [0, 0.1) is 5.92 Å². The molecule has 1 aromatic carbocycles. The third kappa shape index (κ3) is 7.51. The number of benzene rings is 1. The summed E-state index contributed by atoms with van der Waals surface area (Å²) in [6.07, 6.45) is 4.14. The Hall–Kier alpha value is -5.40. The van der Waals surface area contributed by atoms with E-state index in [9.17, 15) is 33.0 Å². The molecule has 1 saturated carbocycles. The van der Waals surface area contributed by atoms with E-state index >= 15 is 0 Å². The third-order valence-electron chi connectivity index (χ3n) is 9.12. The first-order valence-corrected chi connectivity index (χ1v) is 18.3. The van der Waals surface area contributed by atoms with Gasteiger partial charge in [-0.2, -0.15) is 0 Å². The van der Waals surface area contributed by atoms with Crippen molar-refractivity contribution in [2.45, 2.75) is 48.8 Å². The molecule has 21 heteroatoms. The molecule has 1 fully saturated rings. The second kappa shape index (κ2) is 14.1. The summed E-state index contributed by atoms with van der Waals surface area (Å²) in [5.41, 5.74) is -2.76. The molecule has 1 aliphatic heterocycles. The molecular formula is C33H33B3N10O7S. The first-order valence-electron chi connectivity index (χ1n) is 16.6. The number of nitrogens with one attached hydrogen (secondary N) is 3. The van der Waals surface area contributed by atoms with Gasteiger partial charge in [-0.05, 0) is 38.0 Å². The topological polar surface area (TPSA) is 233 Å². The number of rotatable bonds is 11. The zero-order chi connectivity index (χ0) is 39.3. The molecule has 3 amide bonds. The van der Waals surface area contributed by atoms with Crippen molar-refractivity contribution in [1.82, 2.24) is 35.4 Å². The van der Waals surface area contributed by atoms with Gasteiger partial charge in [0, 0.05) is 55.1 Å². The normalized spacial score (nSPS) is 16.3. The minimum absolute atomic E-state index is 0.0768. The van der Waals surface area contributed by atoms with Gasteiger partial charge >= 0.3 is 0 Å². The average Bonchev–Trinajstić information content (AvgIpc) is 3.98. The molecule has 3 aromatic heterocycles. The minimum Gasteiger partial charge on any atom is -0.390 e. The first-order chi connectivity index (χ1) is 25.3. The summed E-state index contributed by atoms with van der Waals surface area (Å²) in [5, 5.41) is 36.9. The summed E-state index contributed by atoms with van der Waals surface area (Å²) >= 11 is 0. The van der Waals surface area contributed by atoms with Gasteiger partial charge in [-0.15, -0.1) is 10.2 Å². The fourth-order valence-electron chi connectivity index (χ4n) is 5.77. The maximum atomic E-state index is 13.7. The van der Waals surface area contributed by atoms with E-state index in [1.807, 2.05) is 23.2 Å². The number of carbonyl (C=O) groups excluding carboxylic acids is 3. The molecule has 2 atom stereocenters. The van der Waals surface area contributed by atoms with Crippen molar-refractivity contribution in [3.05, 3.63) is 71.7 Å². The molecule has 4 aromatic rings. The Bertz CT molecular complexity index is 2290. The van der Waals surface area contributed by atoms with Gasteiger partial charge in [-0.25, -0.2) is 18.4 Å². The molecular weight excluding hydrogens is 713 g/mol. The van der Waals surface area contributed by atoms with Crippen LogP contribution in [-0.2, 0) is 20.3 Å². The Morgan fingerprint density at radius 2 is 1.76 bits per heavy atom. The fourth-order valence-corrected chi connectivity index (χ4v) is 6.66. The second-order valence-corrected chi connectivity index (χ2v) is 15.3. The van der Waals surface area contributed by atoms with Crippen molar-refractivity contribution >= 4 is 74.0 Å². The van der Waals surface area contributed by atoms with E-state index in [0.29, 0.717) is 28.2 Å². The van der Waals surface area contributed by atoms with Crippen molar-refractivity contribution < 1.29 is 33.0 Å². The van der Waals surface area contributed by atoms with Crippen LogP contribution in [-0.4, -0.2) is 115 Å². The van der Waals surface area contributed by atoms with Crippen LogP contribution in [0.2, 0.25) is 0 Å². The van der Waals surface area contributed by atoms with Crippen LogP contribution in [0.25, 0.3) is 11.1 Å². The lowest BCUT2D eigenvalue weighted by molar-refractivity contribution is -0.117. The number of hydrogen-bond acceptors (Lipinski definition) is 14. The van der Waals surface area contributed by atoms with Gasteiger partial charge in [-0.3, -0.25) is 19.4 Å². The third-order valence-corrected chi connectivity index (χ3v) is 10.9. The van der Waals surface area contributed by atoms with E-state index in [4.69, 9.17) is 23.5 Å². The fraction of sp³-hybridized carbons (Fsp3) is 0.333. The van der Waals surface area contributed by atoms with Gasteiger partial charge in [0.2, 0.25) is 11.7 Å². The van der Waals surface area contributed by atoms with Crippen LogP contribution in [0.4, 0.5) is 22.9 Å². The minimum atomic E-state index is -3.67. The van der Waals surface area contributed by atoms with Crippen LogP contribution in [0.15, 0.2) is 53.7 Å². The molecule has 6 radical (unpaired) electrons. The molecule has 5 N–H and O–H groups in total. The maximum absolute atomic E-state index is 13.7. The number of pyridine rings is 1. The van der Waals surface area contributed by atoms with Gasteiger partial charge in [0.15, 0.2) is 29.2 Å². The number of aliphatic hydroxyl groups is 2. The van der Waals surface area contributed by atoms with Gasteiger partial charge in [0.05, 0.1) is 45.1 Å². The molecule has 54 heavy (non-hydrogen) atoms. The van der Waals surface area contributed by atoms with Gasteiger partial charge < -0.3 is 36.0 Å². The van der Waals surface area contributed by atoms with Crippen LogP contribution < -0.4 is 20.9 Å². The van der Waals surface area contributed by atoms with Crippen molar-refractivity contribution in [3.63, 3.8) is 0 Å². The van der Waals surface area contributed by atoms with Crippen molar-refractivity contribution in [2.75, 3.05) is 35.4 Å². The Labute approximate surface area is 314 Å². The van der Waals surface area contributed by atoms with Crippen LogP contribution >= 0.6 is 0 Å². The smallest absolute Gasteiger partial charge is 0.293 e. The first kappa shape index (κ1) is 38.3. The number of hydrogen-bond donors (Lipinski definition) is 5. The largest absolute Gasteiger partial charge is 0.390 e. The zero-order valence-corrected chi connectivity index (χ0v) is 30.4. The molecule has 4 heterocycles. The predicted octanol–water partition coefficient (Wildman–Crippen LogP) is 0.439. The number of aromatic nitrogens is 5. The SMILES string of the molecule is [B]C([B])(O)NC(=O)c1nnc(NC(=O)C2CC2)cc1Nc1cccc2c1N(C)C(C)c1nc(C(=O)N(C)C([B])(O)c3cc(S(=O)(=O)CC)ccn3)ncc1-2. The van der Waals surface area contributed by atoms with Crippen molar-refractivity contribution in [2.24, 2.45) is 5.92 Å². The monoisotopic (exact) mass is 746 g/mol. The predicted molar refractivity (Wildman–Crippen MR) is 199 cm³/mol. The highest BCUT2D eigenvalue weighted by Gasteiger charge is 2.37. The number of para-hydroxylation sites is 1. The number of fused-ring (bicyclic) bond motifs is 3. The number of anilines is 4. The Balaban J connectivity index is 1.34. The summed E-state index contributed by atoms with van der Waals surface area (Å²) in [6, 6.07) is 8.60. The zero-order valence-electron chi connectivity index (χ0n) is 29.6. The van der Waals surface area contributed by atoms with E-state index in [2.05, 4.69) is 35.8 Å². The molecule has 0 bridgehead atoms. The summed E-state index contributed by atoms with van der Waals surface area (Å²) in [6.45, 7) is 3.31. The highest BCUT2D eigenvalue weighted by molar-refractivity contribution is 7.91. The van der Waals surface area contributed by atoms with Crippen LogP contribution in [0.5, 0.6) is 0 Å². The molecule has 2 unspecified atom stereocenters. The molecule has 0 spiro atoms. The highest BCUT2D eigenvalue weighted by Crippen LogP contribution is 2.47. The Morgan fingerprint density at radius 3 is 2.43 bits per heavy atom. The molecule has 0 saturated heterocycles. The van der Waals surface area contributed by atoms with E-state index in [-0.39, 0.29) is 51.2 Å². The summed E-state index contributed by atoms with van der Waals surface area (Å²) in [5.74, 6) is -2.60. The van der Waals surface area contributed by atoms with Crippen molar-refractivity contribution in [1.29, 1.82) is 0 Å². The number of amides is 3. The Kier molecular flexibility index (Phi) is 10.0. The van der Waals surface area contributed by atoms with E-state index in [0.717, 1.165) is 23.8 Å². The maximum Gasteiger partial charge on any atom is 0.293 e. The lowest BCUT2D eigenvalue weighted by Gasteiger charge is -2.37. The van der Waals surface area contributed by atoms with Crippen LogP contribution in [0.1, 0.15) is 65.2 Å². The van der Waals surface area contributed by atoms with Gasteiger partial charge in [-0.1, -0.05) is 19.1 Å². The number of sulfone groups is 1. The highest BCUT2D eigenvalue weighted by atomic mass is 32.2. The number of nitrogens with zero attached hydrogens (tertiary/aromatic N) is 7. The summed E-state index contributed by atoms with van der Waals surface area (Å²) in [7, 11) is 16.3. The number of carbonyl (C=O) groups is 3. The van der Waals surface area contributed by atoms with Gasteiger partial charge in [0.1, 0.15) is 21.3 Å². The molecule has 6 rings (SSSR count). The average molecular weight is 746 g/mol. The van der Waals surface area contributed by atoms with E-state index in [1.165, 1.54) is 38.5 Å². The molecule has 2 aliphatic rings. The van der Waals surface area contributed by atoms with Gasteiger partial charge in [0.25, 0.3) is 11.8 Å².